The average Bonchev–Trinajstić information content (AvgIpc) is 2.38. The van der Waals surface area contributed by atoms with Crippen molar-refractivity contribution in [2.75, 3.05) is 0 Å². The Morgan fingerprint density at radius 3 is 2.44 bits per heavy atom. The Balaban J connectivity index is 1.85. The second kappa shape index (κ2) is 6.53. The molecule has 0 saturated heterocycles. The maximum absolute atomic E-state index is 5.93. The molecular weight excluding hydrogens is 262 g/mol. The molecule has 0 aromatic heterocycles. The lowest BCUT2D eigenvalue weighted by Crippen LogP contribution is -2.22. The second-order valence-electron chi connectivity index (χ2n) is 4.07. The minimum absolute atomic E-state index is 0.715. The van der Waals surface area contributed by atoms with Crippen LogP contribution >= 0.6 is 23.8 Å². The van der Waals surface area contributed by atoms with Gasteiger partial charge in [-0.15, -0.1) is 0 Å². The van der Waals surface area contributed by atoms with Gasteiger partial charge in [-0.2, -0.15) is 0 Å². The van der Waals surface area contributed by atoms with Gasteiger partial charge in [0.25, 0.3) is 0 Å². The van der Waals surface area contributed by atoms with Crippen molar-refractivity contribution in [1.82, 2.24) is 5.32 Å². The summed E-state index contributed by atoms with van der Waals surface area (Å²) in [6.45, 7) is 0.715. The number of thiocarbonyl (C=S) groups is 1. The molecule has 0 saturated carbocycles. The van der Waals surface area contributed by atoms with E-state index in [1.807, 2.05) is 42.5 Å². The normalized spacial score (nSPS) is 10.1. The van der Waals surface area contributed by atoms with Crippen molar-refractivity contribution < 1.29 is 0 Å². The monoisotopic (exact) mass is 275 g/mol. The summed E-state index contributed by atoms with van der Waals surface area (Å²) in [6, 6.07) is 18.0. The van der Waals surface area contributed by atoms with Crippen LogP contribution < -0.4 is 5.32 Å². The molecule has 2 aromatic carbocycles. The van der Waals surface area contributed by atoms with Crippen LogP contribution in [-0.4, -0.2) is 4.99 Å². The molecule has 0 bridgehead atoms. The number of hydrogen-bond donors (Lipinski definition) is 1. The topological polar surface area (TPSA) is 12.0 Å². The highest BCUT2D eigenvalue weighted by atomic mass is 35.5. The highest BCUT2D eigenvalue weighted by molar-refractivity contribution is 7.80. The van der Waals surface area contributed by atoms with Crippen LogP contribution in [0.5, 0.6) is 0 Å². The molecule has 18 heavy (non-hydrogen) atoms. The highest BCUT2D eigenvalue weighted by Gasteiger charge is 1.99. The zero-order valence-corrected chi connectivity index (χ0v) is 11.5. The first-order valence-electron chi connectivity index (χ1n) is 5.79. The number of nitrogens with one attached hydrogen (secondary N) is 1. The molecular formula is C15H14ClNS. The Morgan fingerprint density at radius 2 is 1.72 bits per heavy atom. The van der Waals surface area contributed by atoms with Gasteiger partial charge < -0.3 is 5.32 Å². The fourth-order valence-electron chi connectivity index (χ4n) is 1.69. The summed E-state index contributed by atoms with van der Waals surface area (Å²) < 4.78 is 0. The summed E-state index contributed by atoms with van der Waals surface area (Å²) in [7, 11) is 0. The van der Waals surface area contributed by atoms with Crippen LogP contribution in [0, 0.1) is 0 Å². The van der Waals surface area contributed by atoms with Crippen molar-refractivity contribution >= 4 is 28.8 Å². The molecule has 0 radical (unpaired) electrons. The van der Waals surface area contributed by atoms with E-state index in [0.29, 0.717) is 6.54 Å². The average molecular weight is 276 g/mol. The predicted molar refractivity (Wildman–Crippen MR) is 81.0 cm³/mol. The Kier molecular flexibility index (Phi) is 4.73. The van der Waals surface area contributed by atoms with Gasteiger partial charge in [-0.3, -0.25) is 0 Å². The molecule has 0 unspecified atom stereocenters. The molecule has 0 amide bonds. The van der Waals surface area contributed by atoms with Crippen LogP contribution in [0.15, 0.2) is 54.6 Å². The van der Waals surface area contributed by atoms with E-state index in [0.717, 1.165) is 22.0 Å². The molecule has 2 rings (SSSR count). The minimum atomic E-state index is 0.715. The van der Waals surface area contributed by atoms with Gasteiger partial charge in [0.05, 0.1) is 4.99 Å². The summed E-state index contributed by atoms with van der Waals surface area (Å²) in [4.78, 5) is 0.848. The lowest BCUT2D eigenvalue weighted by molar-refractivity contribution is 0.912. The van der Waals surface area contributed by atoms with Gasteiger partial charge in [0.2, 0.25) is 0 Å². The number of halogens is 1. The number of benzene rings is 2. The van der Waals surface area contributed by atoms with Crippen molar-refractivity contribution in [2.24, 2.45) is 0 Å². The molecule has 92 valence electrons. The first kappa shape index (κ1) is 13.1. The van der Waals surface area contributed by atoms with E-state index in [1.165, 1.54) is 5.56 Å². The van der Waals surface area contributed by atoms with Crippen LogP contribution in [0.4, 0.5) is 0 Å². The maximum Gasteiger partial charge on any atom is 0.0800 e. The van der Waals surface area contributed by atoms with Crippen LogP contribution in [0.1, 0.15) is 11.1 Å². The quantitative estimate of drug-likeness (QED) is 0.847. The third-order valence-electron chi connectivity index (χ3n) is 2.59. The third-order valence-corrected chi connectivity index (χ3v) is 3.11. The summed E-state index contributed by atoms with van der Waals surface area (Å²) in [6.07, 6.45) is 0.775. The van der Waals surface area contributed by atoms with Gasteiger partial charge in [0, 0.05) is 18.0 Å². The first-order chi connectivity index (χ1) is 8.74. The van der Waals surface area contributed by atoms with E-state index in [2.05, 4.69) is 17.4 Å². The Bertz CT molecular complexity index is 525. The smallest absolute Gasteiger partial charge is 0.0800 e. The molecule has 1 N–H and O–H groups in total. The van der Waals surface area contributed by atoms with E-state index in [4.69, 9.17) is 23.8 Å². The van der Waals surface area contributed by atoms with Crippen LogP contribution in [0.25, 0.3) is 0 Å². The zero-order chi connectivity index (χ0) is 12.8. The fourth-order valence-corrected chi connectivity index (χ4v) is 2.14. The lowest BCUT2D eigenvalue weighted by Gasteiger charge is -2.08. The van der Waals surface area contributed by atoms with E-state index < -0.39 is 0 Å². The van der Waals surface area contributed by atoms with Crippen molar-refractivity contribution in [1.29, 1.82) is 0 Å². The van der Waals surface area contributed by atoms with Gasteiger partial charge in [-0.25, -0.2) is 0 Å². The molecule has 0 fully saturated rings. The van der Waals surface area contributed by atoms with Crippen LogP contribution in [-0.2, 0) is 13.0 Å². The Labute approximate surface area is 118 Å². The largest absolute Gasteiger partial charge is 0.375 e. The van der Waals surface area contributed by atoms with Crippen molar-refractivity contribution in [2.45, 2.75) is 13.0 Å². The van der Waals surface area contributed by atoms with Gasteiger partial charge in [0.15, 0.2) is 0 Å². The van der Waals surface area contributed by atoms with Gasteiger partial charge in [-0.05, 0) is 23.3 Å². The van der Waals surface area contributed by atoms with Gasteiger partial charge in [-0.1, -0.05) is 66.3 Å². The molecule has 1 nitrogen and oxygen atoms in total. The van der Waals surface area contributed by atoms with Crippen molar-refractivity contribution in [3.63, 3.8) is 0 Å². The van der Waals surface area contributed by atoms with Crippen molar-refractivity contribution in [3.05, 3.63) is 70.7 Å². The zero-order valence-electron chi connectivity index (χ0n) is 9.90. The van der Waals surface area contributed by atoms with Crippen LogP contribution in [0.3, 0.4) is 0 Å². The maximum atomic E-state index is 5.93. The summed E-state index contributed by atoms with van der Waals surface area (Å²) >= 11 is 11.3. The van der Waals surface area contributed by atoms with E-state index >= 15 is 0 Å². The van der Waals surface area contributed by atoms with Gasteiger partial charge >= 0.3 is 0 Å². The number of rotatable bonds is 4. The fraction of sp³-hybridized carbons (Fsp3) is 0.133. The molecule has 0 aliphatic heterocycles. The molecule has 0 aliphatic carbocycles. The van der Waals surface area contributed by atoms with Crippen molar-refractivity contribution in [3.8, 4) is 0 Å². The second-order valence-corrected chi connectivity index (χ2v) is 5.00. The summed E-state index contributed by atoms with van der Waals surface area (Å²) in [5, 5.41) is 4.00. The highest BCUT2D eigenvalue weighted by Crippen LogP contribution is 2.10. The Morgan fingerprint density at radius 1 is 1.00 bits per heavy atom. The summed E-state index contributed by atoms with van der Waals surface area (Å²) in [5.74, 6) is 0. The minimum Gasteiger partial charge on any atom is -0.375 e. The predicted octanol–water partition coefficient (Wildman–Crippen LogP) is 4.00. The molecule has 3 heteroatoms. The summed E-state index contributed by atoms with van der Waals surface area (Å²) in [5.41, 5.74) is 2.36. The Hall–Kier alpha value is -1.38. The molecule has 0 heterocycles. The molecule has 0 aliphatic rings. The van der Waals surface area contributed by atoms with E-state index in [-0.39, 0.29) is 0 Å². The number of hydrogen-bond acceptors (Lipinski definition) is 1. The third kappa shape index (κ3) is 4.13. The van der Waals surface area contributed by atoms with E-state index in [1.54, 1.807) is 0 Å². The molecule has 2 aromatic rings. The standard InChI is InChI=1S/C15H14ClNS/c16-14-8-4-7-13(9-14)11-17-15(18)10-12-5-2-1-3-6-12/h1-9H,10-11H2,(H,17,18). The lowest BCUT2D eigenvalue weighted by atomic mass is 10.1. The van der Waals surface area contributed by atoms with Gasteiger partial charge in [0.1, 0.15) is 0 Å². The SMILES string of the molecule is S=C(Cc1ccccc1)NCc1cccc(Cl)c1. The van der Waals surface area contributed by atoms with Crippen LogP contribution in [0.2, 0.25) is 5.02 Å². The van der Waals surface area contributed by atoms with E-state index in [9.17, 15) is 0 Å². The molecule has 0 atom stereocenters. The molecule has 0 spiro atoms. The first-order valence-corrected chi connectivity index (χ1v) is 6.58.